The molecule has 3 N–H and O–H groups in total. The van der Waals surface area contributed by atoms with Gasteiger partial charge in [-0.3, -0.25) is 4.98 Å². The van der Waals surface area contributed by atoms with E-state index in [9.17, 15) is 0 Å². The highest BCUT2D eigenvalue weighted by Gasteiger charge is 2.10. The van der Waals surface area contributed by atoms with E-state index >= 15 is 0 Å². The minimum Gasteiger partial charge on any atom is -0.467 e. The molecule has 32 heavy (non-hydrogen) atoms. The van der Waals surface area contributed by atoms with Crippen LogP contribution in [0.3, 0.4) is 0 Å². The molecule has 0 unspecified atom stereocenters. The largest absolute Gasteiger partial charge is 0.467 e. The normalized spacial score (nSPS) is 10.9. The van der Waals surface area contributed by atoms with Gasteiger partial charge in [0.25, 0.3) is 0 Å². The van der Waals surface area contributed by atoms with Crippen molar-refractivity contribution in [2.75, 3.05) is 17.2 Å². The molecule has 0 saturated carbocycles. The maximum Gasteiger partial charge on any atom is 0.323 e. The molecule has 0 saturated heterocycles. The summed E-state index contributed by atoms with van der Waals surface area (Å²) in [7, 11) is 0. The Morgan fingerprint density at radius 1 is 1.03 bits per heavy atom. The molecule has 0 radical (unpaired) electrons. The van der Waals surface area contributed by atoms with Crippen molar-refractivity contribution in [3.05, 3.63) is 66.9 Å². The fourth-order valence-corrected chi connectivity index (χ4v) is 3.12. The molecule has 0 bridgehead atoms. The van der Waals surface area contributed by atoms with Crippen molar-refractivity contribution < 1.29 is 9.15 Å². The highest BCUT2D eigenvalue weighted by Crippen LogP contribution is 2.24. The van der Waals surface area contributed by atoms with Crippen LogP contribution in [0.5, 0.6) is 6.01 Å². The van der Waals surface area contributed by atoms with Crippen LogP contribution < -0.4 is 15.4 Å². The van der Waals surface area contributed by atoms with Gasteiger partial charge in [0.05, 0.1) is 30.4 Å². The third-order valence-corrected chi connectivity index (χ3v) is 4.56. The van der Waals surface area contributed by atoms with Gasteiger partial charge in [0.15, 0.2) is 0 Å². The van der Waals surface area contributed by atoms with Gasteiger partial charge in [0.2, 0.25) is 11.9 Å². The number of aromatic amines is 1. The molecule has 10 nitrogen and oxygen atoms in total. The maximum atomic E-state index is 5.50. The number of ether oxygens (including phenoxy) is 1. The zero-order valence-corrected chi connectivity index (χ0v) is 17.2. The molecule has 5 rings (SSSR count). The quantitative estimate of drug-likeness (QED) is 0.334. The van der Waals surface area contributed by atoms with Gasteiger partial charge in [-0.05, 0) is 49.4 Å². The van der Waals surface area contributed by atoms with Gasteiger partial charge in [-0.1, -0.05) is 0 Å². The van der Waals surface area contributed by atoms with E-state index in [1.807, 2.05) is 49.4 Å². The Morgan fingerprint density at radius 3 is 2.78 bits per heavy atom. The molecule has 10 heteroatoms. The summed E-state index contributed by atoms with van der Waals surface area (Å²) >= 11 is 0. The monoisotopic (exact) mass is 428 g/mol. The van der Waals surface area contributed by atoms with E-state index in [0.29, 0.717) is 25.0 Å². The van der Waals surface area contributed by atoms with Gasteiger partial charge >= 0.3 is 6.01 Å². The predicted molar refractivity (Wildman–Crippen MR) is 120 cm³/mol. The van der Waals surface area contributed by atoms with Crippen LogP contribution >= 0.6 is 0 Å². The van der Waals surface area contributed by atoms with E-state index in [2.05, 4.69) is 40.5 Å². The summed E-state index contributed by atoms with van der Waals surface area (Å²) in [5.74, 6) is 2.26. The molecular formula is C22H20N8O2. The highest BCUT2D eigenvalue weighted by molar-refractivity contribution is 5.83. The number of benzene rings is 1. The molecule has 0 atom stereocenters. The lowest BCUT2D eigenvalue weighted by molar-refractivity contribution is 0.312. The third-order valence-electron chi connectivity index (χ3n) is 4.56. The van der Waals surface area contributed by atoms with Crippen LogP contribution in [-0.4, -0.2) is 36.5 Å². The van der Waals surface area contributed by atoms with Gasteiger partial charge < -0.3 is 24.8 Å². The van der Waals surface area contributed by atoms with Crippen LogP contribution in [0.4, 0.5) is 17.6 Å². The van der Waals surface area contributed by atoms with E-state index in [1.54, 1.807) is 18.7 Å². The number of fused-ring (bicyclic) bond motifs is 1. The molecule has 4 aromatic heterocycles. The fraction of sp³-hybridized carbons (Fsp3) is 0.136. The maximum absolute atomic E-state index is 5.50. The summed E-state index contributed by atoms with van der Waals surface area (Å²) in [4.78, 5) is 25.2. The molecule has 0 spiro atoms. The number of hydrogen-bond acceptors (Lipinski definition) is 9. The third kappa shape index (κ3) is 4.33. The first-order chi connectivity index (χ1) is 15.8. The van der Waals surface area contributed by atoms with Crippen molar-refractivity contribution in [3.63, 3.8) is 0 Å². The second-order valence-corrected chi connectivity index (χ2v) is 6.82. The standard InChI is InChI=1S/C22H20N8O2/c1-2-31-22-29-20(24-13-16-6-4-10-32-16)28-21(30-22)25-15-7-8-17-18(11-15)27-19(26-17)14-5-3-9-23-12-14/h3-12H,2,13H2,1H3,(H,26,27)(H2,24,25,28,29,30). The van der Waals surface area contributed by atoms with E-state index in [0.717, 1.165) is 33.9 Å². The summed E-state index contributed by atoms with van der Waals surface area (Å²) in [6.07, 6.45) is 5.12. The summed E-state index contributed by atoms with van der Waals surface area (Å²) in [5, 5.41) is 6.33. The SMILES string of the molecule is CCOc1nc(NCc2ccco2)nc(Nc2ccc3[nH]c(-c4cccnc4)nc3c2)n1. The zero-order valence-electron chi connectivity index (χ0n) is 17.2. The Kier molecular flexibility index (Phi) is 5.31. The average molecular weight is 428 g/mol. The van der Waals surface area contributed by atoms with Gasteiger partial charge in [0, 0.05) is 23.6 Å². The molecule has 4 heterocycles. The number of anilines is 3. The van der Waals surface area contributed by atoms with Crippen LogP contribution in [0, 0.1) is 0 Å². The van der Waals surface area contributed by atoms with E-state index in [1.165, 1.54) is 0 Å². The number of H-pyrrole nitrogens is 1. The van der Waals surface area contributed by atoms with E-state index < -0.39 is 0 Å². The zero-order chi connectivity index (χ0) is 21.8. The molecule has 1 aromatic carbocycles. The minimum atomic E-state index is 0.228. The van der Waals surface area contributed by atoms with Crippen LogP contribution in [0.15, 0.2) is 65.5 Å². The molecular weight excluding hydrogens is 408 g/mol. The number of hydrogen-bond donors (Lipinski definition) is 3. The Morgan fingerprint density at radius 2 is 1.97 bits per heavy atom. The molecule has 0 aliphatic carbocycles. The van der Waals surface area contributed by atoms with Crippen LogP contribution in [0.2, 0.25) is 0 Å². The van der Waals surface area contributed by atoms with Crippen LogP contribution in [0.25, 0.3) is 22.4 Å². The second-order valence-electron chi connectivity index (χ2n) is 6.82. The highest BCUT2D eigenvalue weighted by atomic mass is 16.5. The van der Waals surface area contributed by atoms with Crippen molar-refractivity contribution in [2.45, 2.75) is 13.5 Å². The number of pyridine rings is 1. The summed E-state index contributed by atoms with van der Waals surface area (Å²) in [6.45, 7) is 2.76. The lowest BCUT2D eigenvalue weighted by Crippen LogP contribution is -2.09. The van der Waals surface area contributed by atoms with Crippen molar-refractivity contribution >= 4 is 28.6 Å². The minimum absolute atomic E-state index is 0.228. The summed E-state index contributed by atoms with van der Waals surface area (Å²) in [5.41, 5.74) is 3.43. The Hall–Kier alpha value is -4.47. The Balaban J connectivity index is 1.39. The fourth-order valence-electron chi connectivity index (χ4n) is 3.12. The predicted octanol–water partition coefficient (Wildman–Crippen LogP) is 4.16. The number of nitrogens with zero attached hydrogens (tertiary/aromatic N) is 5. The van der Waals surface area contributed by atoms with Gasteiger partial charge in [-0.25, -0.2) is 4.98 Å². The molecule has 0 aliphatic heterocycles. The number of imidazole rings is 1. The lowest BCUT2D eigenvalue weighted by Gasteiger charge is -2.09. The summed E-state index contributed by atoms with van der Waals surface area (Å²) < 4.78 is 10.8. The number of aromatic nitrogens is 6. The van der Waals surface area contributed by atoms with Crippen LogP contribution in [-0.2, 0) is 6.54 Å². The van der Waals surface area contributed by atoms with Crippen molar-refractivity contribution in [2.24, 2.45) is 0 Å². The van der Waals surface area contributed by atoms with Crippen molar-refractivity contribution in [1.29, 1.82) is 0 Å². The van der Waals surface area contributed by atoms with Crippen LogP contribution in [0.1, 0.15) is 12.7 Å². The first-order valence-corrected chi connectivity index (χ1v) is 10.1. The van der Waals surface area contributed by atoms with Gasteiger partial charge in [-0.2, -0.15) is 15.0 Å². The number of furan rings is 1. The first kappa shape index (κ1) is 19.5. The molecule has 0 fully saturated rings. The average Bonchev–Trinajstić information content (AvgIpc) is 3.48. The second kappa shape index (κ2) is 8.72. The molecule has 0 aliphatic rings. The summed E-state index contributed by atoms with van der Waals surface area (Å²) in [6, 6.07) is 13.6. The molecule has 160 valence electrons. The Bertz CT molecular complexity index is 1320. The lowest BCUT2D eigenvalue weighted by atomic mass is 10.3. The molecule has 5 aromatic rings. The van der Waals surface area contributed by atoms with Gasteiger partial charge in [0.1, 0.15) is 11.6 Å². The number of rotatable bonds is 8. The smallest absolute Gasteiger partial charge is 0.323 e. The first-order valence-electron chi connectivity index (χ1n) is 10.1. The Labute approximate surface area is 183 Å². The van der Waals surface area contributed by atoms with E-state index in [-0.39, 0.29) is 6.01 Å². The van der Waals surface area contributed by atoms with Crippen molar-refractivity contribution in [1.82, 2.24) is 29.9 Å². The van der Waals surface area contributed by atoms with Gasteiger partial charge in [-0.15, -0.1) is 0 Å². The van der Waals surface area contributed by atoms with Crippen molar-refractivity contribution in [3.8, 4) is 17.4 Å². The molecule has 0 amide bonds. The topological polar surface area (TPSA) is 127 Å². The number of nitrogens with one attached hydrogen (secondary N) is 3. The van der Waals surface area contributed by atoms with E-state index in [4.69, 9.17) is 9.15 Å².